The third kappa shape index (κ3) is 6.75. The van der Waals surface area contributed by atoms with Crippen LogP contribution in [0.2, 0.25) is 0 Å². The van der Waals surface area contributed by atoms with Crippen molar-refractivity contribution in [2.24, 2.45) is 5.92 Å². The SMILES string of the molecule is CC(C)COc1ccccc1CNc1ccccc1OCCOc1ccccc1. The summed E-state index contributed by atoms with van der Waals surface area (Å²) in [5, 5.41) is 3.47. The molecule has 0 heterocycles. The van der Waals surface area contributed by atoms with Crippen LogP contribution in [0.1, 0.15) is 19.4 Å². The average molecular weight is 392 g/mol. The van der Waals surface area contributed by atoms with Gasteiger partial charge in [-0.25, -0.2) is 0 Å². The van der Waals surface area contributed by atoms with Gasteiger partial charge in [0.1, 0.15) is 30.5 Å². The number of benzene rings is 3. The maximum absolute atomic E-state index is 5.95. The minimum Gasteiger partial charge on any atom is -0.493 e. The van der Waals surface area contributed by atoms with Crippen molar-refractivity contribution in [3.05, 3.63) is 84.4 Å². The van der Waals surface area contributed by atoms with Crippen molar-refractivity contribution >= 4 is 5.69 Å². The molecule has 0 unspecified atom stereocenters. The van der Waals surface area contributed by atoms with Crippen LogP contribution >= 0.6 is 0 Å². The van der Waals surface area contributed by atoms with Crippen LogP contribution in [0.15, 0.2) is 78.9 Å². The molecule has 3 aromatic rings. The molecule has 0 radical (unpaired) electrons. The first kappa shape index (κ1) is 20.6. The molecular weight excluding hydrogens is 362 g/mol. The van der Waals surface area contributed by atoms with Gasteiger partial charge in [0.2, 0.25) is 0 Å². The normalized spacial score (nSPS) is 10.6. The third-order valence-corrected chi connectivity index (χ3v) is 4.25. The van der Waals surface area contributed by atoms with Gasteiger partial charge in [-0.15, -0.1) is 0 Å². The summed E-state index contributed by atoms with van der Waals surface area (Å²) in [7, 11) is 0. The van der Waals surface area contributed by atoms with Gasteiger partial charge in [-0.2, -0.15) is 0 Å². The van der Waals surface area contributed by atoms with Crippen LogP contribution in [-0.4, -0.2) is 19.8 Å². The minimum atomic E-state index is 0.474. The van der Waals surface area contributed by atoms with Gasteiger partial charge in [-0.1, -0.05) is 62.4 Å². The fourth-order valence-corrected chi connectivity index (χ4v) is 2.80. The van der Waals surface area contributed by atoms with E-state index >= 15 is 0 Å². The molecule has 0 aliphatic carbocycles. The number of hydrogen-bond donors (Lipinski definition) is 1. The van der Waals surface area contributed by atoms with Crippen LogP contribution in [-0.2, 0) is 6.54 Å². The highest BCUT2D eigenvalue weighted by Gasteiger charge is 2.07. The largest absolute Gasteiger partial charge is 0.493 e. The Kier molecular flexibility index (Phi) is 7.81. The Bertz CT molecular complexity index is 865. The Morgan fingerprint density at radius 3 is 2.14 bits per heavy atom. The molecule has 0 fully saturated rings. The maximum atomic E-state index is 5.95. The van der Waals surface area contributed by atoms with Crippen molar-refractivity contribution in [3.8, 4) is 17.2 Å². The third-order valence-electron chi connectivity index (χ3n) is 4.25. The fourth-order valence-electron chi connectivity index (χ4n) is 2.80. The molecule has 0 spiro atoms. The second-order valence-electron chi connectivity index (χ2n) is 7.17. The van der Waals surface area contributed by atoms with Crippen molar-refractivity contribution in [1.29, 1.82) is 0 Å². The molecule has 0 saturated heterocycles. The van der Waals surface area contributed by atoms with Gasteiger partial charge in [0.15, 0.2) is 0 Å². The van der Waals surface area contributed by atoms with Gasteiger partial charge in [-0.3, -0.25) is 0 Å². The smallest absolute Gasteiger partial charge is 0.142 e. The van der Waals surface area contributed by atoms with Crippen molar-refractivity contribution in [1.82, 2.24) is 0 Å². The zero-order chi connectivity index (χ0) is 20.3. The van der Waals surface area contributed by atoms with Crippen molar-refractivity contribution in [2.45, 2.75) is 20.4 Å². The number of ether oxygens (including phenoxy) is 3. The molecule has 4 heteroatoms. The van der Waals surface area contributed by atoms with E-state index in [4.69, 9.17) is 14.2 Å². The highest BCUT2D eigenvalue weighted by atomic mass is 16.5. The lowest BCUT2D eigenvalue weighted by Crippen LogP contribution is -2.11. The summed E-state index contributed by atoms with van der Waals surface area (Å²) in [6.45, 7) is 6.63. The van der Waals surface area contributed by atoms with Crippen LogP contribution in [0.25, 0.3) is 0 Å². The summed E-state index contributed by atoms with van der Waals surface area (Å²) in [5.74, 6) is 3.07. The first-order valence-corrected chi connectivity index (χ1v) is 10.1. The zero-order valence-corrected chi connectivity index (χ0v) is 17.1. The first-order valence-electron chi connectivity index (χ1n) is 10.1. The molecule has 152 valence electrons. The van der Waals surface area contributed by atoms with E-state index in [1.165, 1.54) is 0 Å². The molecule has 4 nitrogen and oxygen atoms in total. The summed E-state index contributed by atoms with van der Waals surface area (Å²) in [6.07, 6.45) is 0. The predicted octanol–water partition coefficient (Wildman–Crippen LogP) is 5.79. The minimum absolute atomic E-state index is 0.474. The first-order chi connectivity index (χ1) is 14.2. The molecule has 0 amide bonds. The van der Waals surface area contributed by atoms with Gasteiger partial charge >= 0.3 is 0 Å². The van der Waals surface area contributed by atoms with Crippen LogP contribution in [0.5, 0.6) is 17.2 Å². The van der Waals surface area contributed by atoms with Crippen LogP contribution in [0, 0.1) is 5.92 Å². The lowest BCUT2D eigenvalue weighted by Gasteiger charge is -2.16. The number of nitrogens with one attached hydrogen (secondary N) is 1. The van der Waals surface area contributed by atoms with E-state index < -0.39 is 0 Å². The molecule has 0 atom stereocenters. The topological polar surface area (TPSA) is 39.7 Å². The van der Waals surface area contributed by atoms with Crippen molar-refractivity contribution < 1.29 is 14.2 Å². The van der Waals surface area contributed by atoms with Crippen molar-refractivity contribution in [2.75, 3.05) is 25.1 Å². The summed E-state index contributed by atoms with van der Waals surface area (Å²) in [5.41, 5.74) is 2.07. The Morgan fingerprint density at radius 2 is 1.34 bits per heavy atom. The molecule has 0 aliphatic heterocycles. The number of anilines is 1. The van der Waals surface area contributed by atoms with Gasteiger partial charge in [0.05, 0.1) is 12.3 Å². The van der Waals surface area contributed by atoms with E-state index in [9.17, 15) is 0 Å². The monoisotopic (exact) mass is 391 g/mol. The molecular formula is C25H29NO3. The molecule has 1 N–H and O–H groups in total. The maximum Gasteiger partial charge on any atom is 0.142 e. The Morgan fingerprint density at radius 1 is 0.690 bits per heavy atom. The summed E-state index contributed by atoms with van der Waals surface area (Å²) < 4.78 is 17.6. The lowest BCUT2D eigenvalue weighted by molar-refractivity contribution is 0.218. The van der Waals surface area contributed by atoms with E-state index in [0.29, 0.717) is 32.3 Å². The predicted molar refractivity (Wildman–Crippen MR) is 118 cm³/mol. The fraction of sp³-hybridized carbons (Fsp3) is 0.280. The summed E-state index contributed by atoms with van der Waals surface area (Å²) in [6, 6.07) is 25.8. The van der Waals surface area contributed by atoms with Gasteiger partial charge in [-0.05, 0) is 36.2 Å². The Hall–Kier alpha value is -3.14. The van der Waals surface area contributed by atoms with E-state index in [1.807, 2.05) is 72.8 Å². The quantitative estimate of drug-likeness (QED) is 0.420. The number of hydrogen-bond acceptors (Lipinski definition) is 4. The highest BCUT2D eigenvalue weighted by Crippen LogP contribution is 2.26. The number of para-hydroxylation sites is 4. The molecule has 3 aromatic carbocycles. The molecule has 0 aromatic heterocycles. The van der Waals surface area contributed by atoms with Gasteiger partial charge < -0.3 is 19.5 Å². The van der Waals surface area contributed by atoms with E-state index in [2.05, 4.69) is 25.2 Å². The van der Waals surface area contributed by atoms with Gasteiger partial charge in [0.25, 0.3) is 0 Å². The van der Waals surface area contributed by atoms with Crippen molar-refractivity contribution in [3.63, 3.8) is 0 Å². The van der Waals surface area contributed by atoms with Gasteiger partial charge in [0, 0.05) is 12.1 Å². The standard InChI is InChI=1S/C25H29NO3/c1-20(2)19-29-24-14-8-6-10-21(24)18-26-23-13-7-9-15-25(23)28-17-16-27-22-11-4-3-5-12-22/h3-15,20,26H,16-19H2,1-2H3. The lowest BCUT2D eigenvalue weighted by atomic mass is 10.2. The summed E-state index contributed by atoms with van der Waals surface area (Å²) >= 11 is 0. The molecule has 0 aliphatic rings. The Labute approximate surface area is 173 Å². The van der Waals surface area contributed by atoms with Crippen LogP contribution < -0.4 is 19.5 Å². The highest BCUT2D eigenvalue weighted by molar-refractivity contribution is 5.56. The molecule has 29 heavy (non-hydrogen) atoms. The second-order valence-corrected chi connectivity index (χ2v) is 7.17. The molecule has 0 saturated carbocycles. The summed E-state index contributed by atoms with van der Waals surface area (Å²) in [4.78, 5) is 0. The zero-order valence-electron chi connectivity index (χ0n) is 17.1. The van der Waals surface area contributed by atoms with E-state index in [-0.39, 0.29) is 0 Å². The van der Waals surface area contributed by atoms with E-state index in [0.717, 1.165) is 28.5 Å². The van der Waals surface area contributed by atoms with Crippen LogP contribution in [0.4, 0.5) is 5.69 Å². The van der Waals surface area contributed by atoms with Crippen LogP contribution in [0.3, 0.4) is 0 Å². The average Bonchev–Trinajstić information content (AvgIpc) is 2.76. The molecule has 0 bridgehead atoms. The Balaban J connectivity index is 1.54. The molecule has 3 rings (SSSR count). The number of rotatable bonds is 11. The second kappa shape index (κ2) is 11.0. The van der Waals surface area contributed by atoms with E-state index in [1.54, 1.807) is 0 Å².